The summed E-state index contributed by atoms with van der Waals surface area (Å²) in [6.45, 7) is -0.548. The number of hydrogen-bond acceptors (Lipinski definition) is 3. The number of nitrogens with zero attached hydrogens (tertiary/aromatic N) is 1. The third kappa shape index (κ3) is 8.09. The van der Waals surface area contributed by atoms with Gasteiger partial charge in [0.1, 0.15) is 12.3 Å². The number of ether oxygens (including phenoxy) is 1. The van der Waals surface area contributed by atoms with Gasteiger partial charge < -0.3 is 15.0 Å². The Labute approximate surface area is 166 Å². The van der Waals surface area contributed by atoms with Gasteiger partial charge in [-0.1, -0.05) is 30.3 Å². The molecule has 2 rings (SSSR count). The Morgan fingerprint density at radius 3 is 2.37 bits per heavy atom. The lowest BCUT2D eigenvalue weighted by atomic mass is 10.2. The van der Waals surface area contributed by atoms with Crippen LogP contribution in [0.25, 0.3) is 0 Å². The number of thiocarbonyl (C=S) groups is 1. The van der Waals surface area contributed by atoms with Crippen molar-refractivity contribution < 1.29 is 17.9 Å². The van der Waals surface area contributed by atoms with Gasteiger partial charge in [-0.2, -0.15) is 13.2 Å². The third-order valence-corrected chi connectivity index (χ3v) is 5.00. The number of methoxy groups -OCH3 is 1. The van der Waals surface area contributed by atoms with Crippen LogP contribution in [0.2, 0.25) is 0 Å². The van der Waals surface area contributed by atoms with Crippen molar-refractivity contribution in [2.75, 3.05) is 26.0 Å². The maximum Gasteiger partial charge on any atom is 0.406 e. The molecule has 0 fully saturated rings. The normalized spacial score (nSPS) is 11.1. The zero-order valence-corrected chi connectivity index (χ0v) is 16.5. The summed E-state index contributed by atoms with van der Waals surface area (Å²) in [6.07, 6.45) is -4.34. The maximum atomic E-state index is 12.9. The first-order valence-electron chi connectivity index (χ1n) is 8.28. The zero-order valence-electron chi connectivity index (χ0n) is 14.8. The van der Waals surface area contributed by atoms with Crippen molar-refractivity contribution in [2.45, 2.75) is 17.6 Å². The van der Waals surface area contributed by atoms with Crippen LogP contribution < -0.4 is 10.1 Å². The molecule has 0 heterocycles. The van der Waals surface area contributed by atoms with Crippen LogP contribution in [0.5, 0.6) is 5.75 Å². The second-order valence-electron chi connectivity index (χ2n) is 5.71. The van der Waals surface area contributed by atoms with E-state index in [2.05, 4.69) is 5.32 Å². The molecule has 146 valence electrons. The smallest absolute Gasteiger partial charge is 0.406 e. The molecule has 0 atom stereocenters. The first kappa shape index (κ1) is 21.4. The van der Waals surface area contributed by atoms with Gasteiger partial charge in [0, 0.05) is 23.7 Å². The Bertz CT molecular complexity index is 709. The number of halogens is 3. The Morgan fingerprint density at radius 2 is 1.78 bits per heavy atom. The van der Waals surface area contributed by atoms with E-state index in [0.29, 0.717) is 18.0 Å². The lowest BCUT2D eigenvalue weighted by Crippen LogP contribution is -2.44. The van der Waals surface area contributed by atoms with Crippen molar-refractivity contribution >= 4 is 29.1 Å². The van der Waals surface area contributed by atoms with Crippen LogP contribution in [-0.4, -0.2) is 42.1 Å². The molecule has 0 aliphatic heterocycles. The van der Waals surface area contributed by atoms with Crippen LogP contribution in [0.3, 0.4) is 0 Å². The predicted molar refractivity (Wildman–Crippen MR) is 107 cm³/mol. The highest BCUT2D eigenvalue weighted by molar-refractivity contribution is 7.99. The molecular weight excluding hydrogens is 393 g/mol. The topological polar surface area (TPSA) is 24.5 Å². The van der Waals surface area contributed by atoms with Crippen molar-refractivity contribution in [3.63, 3.8) is 0 Å². The van der Waals surface area contributed by atoms with Gasteiger partial charge in [0.2, 0.25) is 0 Å². The van der Waals surface area contributed by atoms with Crippen molar-refractivity contribution in [1.82, 2.24) is 10.2 Å². The molecule has 0 unspecified atom stereocenters. The van der Waals surface area contributed by atoms with Crippen LogP contribution in [-0.2, 0) is 6.54 Å². The van der Waals surface area contributed by atoms with E-state index in [1.165, 1.54) is 7.11 Å². The lowest BCUT2D eigenvalue weighted by Gasteiger charge is -2.27. The summed E-state index contributed by atoms with van der Waals surface area (Å²) in [7, 11) is 1.54. The van der Waals surface area contributed by atoms with E-state index in [9.17, 15) is 13.2 Å². The van der Waals surface area contributed by atoms with E-state index >= 15 is 0 Å². The van der Waals surface area contributed by atoms with Gasteiger partial charge in [0.05, 0.1) is 7.11 Å². The minimum absolute atomic E-state index is 0.0706. The Balaban J connectivity index is 1.90. The van der Waals surface area contributed by atoms with E-state index < -0.39 is 12.7 Å². The molecular formula is C19H21F3N2OS2. The fourth-order valence-electron chi connectivity index (χ4n) is 2.32. The van der Waals surface area contributed by atoms with Gasteiger partial charge in [-0.05, 0) is 42.0 Å². The summed E-state index contributed by atoms with van der Waals surface area (Å²) in [6, 6.07) is 16.7. The molecule has 0 amide bonds. The van der Waals surface area contributed by atoms with Crippen molar-refractivity contribution in [3.05, 3.63) is 60.2 Å². The number of hydrogen-bond donors (Lipinski definition) is 1. The number of thioether (sulfide) groups is 1. The van der Waals surface area contributed by atoms with Gasteiger partial charge >= 0.3 is 6.18 Å². The molecule has 0 saturated heterocycles. The number of rotatable bonds is 8. The van der Waals surface area contributed by atoms with E-state index in [0.717, 1.165) is 15.4 Å². The number of alkyl halides is 3. The molecule has 2 aromatic rings. The Morgan fingerprint density at radius 1 is 1.11 bits per heavy atom. The van der Waals surface area contributed by atoms with Crippen molar-refractivity contribution in [1.29, 1.82) is 0 Å². The average Bonchev–Trinajstić information content (AvgIpc) is 2.65. The molecule has 0 spiro atoms. The summed E-state index contributed by atoms with van der Waals surface area (Å²) in [5.41, 5.74) is 0.725. The van der Waals surface area contributed by atoms with Gasteiger partial charge in [-0.15, -0.1) is 11.8 Å². The first-order chi connectivity index (χ1) is 12.9. The molecule has 8 heteroatoms. The minimum atomic E-state index is -4.34. The Kier molecular flexibility index (Phi) is 8.24. The molecule has 0 radical (unpaired) electrons. The fraction of sp³-hybridized carbons (Fsp3) is 0.316. The van der Waals surface area contributed by atoms with Gasteiger partial charge in [-0.25, -0.2) is 0 Å². The lowest BCUT2D eigenvalue weighted by molar-refractivity contribution is -0.138. The molecule has 3 nitrogen and oxygen atoms in total. The van der Waals surface area contributed by atoms with Gasteiger partial charge in [0.25, 0.3) is 0 Å². The predicted octanol–water partition coefficient (Wildman–Crippen LogP) is 4.73. The Hall–Kier alpha value is -1.93. The summed E-state index contributed by atoms with van der Waals surface area (Å²) in [4.78, 5) is 2.24. The second-order valence-corrected chi connectivity index (χ2v) is 7.27. The fourth-order valence-corrected chi connectivity index (χ4v) is 3.34. The van der Waals surface area contributed by atoms with Crippen LogP contribution >= 0.6 is 24.0 Å². The molecule has 2 aromatic carbocycles. The van der Waals surface area contributed by atoms with Crippen molar-refractivity contribution in [3.8, 4) is 5.75 Å². The highest BCUT2D eigenvalue weighted by Crippen LogP contribution is 2.20. The monoisotopic (exact) mass is 414 g/mol. The molecule has 27 heavy (non-hydrogen) atoms. The summed E-state index contributed by atoms with van der Waals surface area (Å²) in [5.74, 6) is 1.35. The quantitative estimate of drug-likeness (QED) is 0.383. The maximum absolute atomic E-state index is 12.9. The average molecular weight is 415 g/mol. The highest BCUT2D eigenvalue weighted by Gasteiger charge is 2.31. The molecule has 0 bridgehead atoms. The van der Waals surface area contributed by atoms with Crippen LogP contribution in [0, 0.1) is 0 Å². The standard InChI is InChI=1S/C19H21F3N2OS2/c1-25-16-9-7-15(8-10-16)13-24(14-19(20,21)22)18(26)23-11-12-27-17-5-3-2-4-6-17/h2-10H,11-14H2,1H3,(H,23,26). The van der Waals surface area contributed by atoms with Crippen LogP contribution in [0.1, 0.15) is 5.56 Å². The van der Waals surface area contributed by atoms with E-state index in [1.54, 1.807) is 36.0 Å². The SMILES string of the molecule is COc1ccc(CN(CC(F)(F)F)C(=S)NCCSc2ccccc2)cc1. The molecule has 0 saturated carbocycles. The third-order valence-electron chi connectivity index (χ3n) is 3.58. The number of benzene rings is 2. The van der Waals surface area contributed by atoms with Crippen molar-refractivity contribution in [2.24, 2.45) is 0 Å². The summed E-state index contributed by atoms with van der Waals surface area (Å²) in [5, 5.41) is 3.02. The zero-order chi connectivity index (χ0) is 19.7. The minimum Gasteiger partial charge on any atom is -0.497 e. The van der Waals surface area contributed by atoms with Gasteiger partial charge in [-0.3, -0.25) is 0 Å². The molecule has 0 aromatic heterocycles. The number of nitrogens with one attached hydrogen (secondary N) is 1. The van der Waals surface area contributed by atoms with Crippen LogP contribution in [0.4, 0.5) is 13.2 Å². The van der Waals surface area contributed by atoms with Crippen LogP contribution in [0.15, 0.2) is 59.5 Å². The highest BCUT2D eigenvalue weighted by atomic mass is 32.2. The first-order valence-corrected chi connectivity index (χ1v) is 9.67. The summed E-state index contributed by atoms with van der Waals surface area (Å²) >= 11 is 6.82. The molecule has 1 N–H and O–H groups in total. The van der Waals surface area contributed by atoms with E-state index in [4.69, 9.17) is 17.0 Å². The molecule has 0 aliphatic carbocycles. The molecule has 0 aliphatic rings. The van der Waals surface area contributed by atoms with Gasteiger partial charge in [0.15, 0.2) is 5.11 Å². The largest absolute Gasteiger partial charge is 0.497 e. The van der Waals surface area contributed by atoms with E-state index in [1.807, 2.05) is 30.3 Å². The summed E-state index contributed by atoms with van der Waals surface area (Å²) < 4.78 is 43.9. The van der Waals surface area contributed by atoms with E-state index in [-0.39, 0.29) is 11.7 Å². The second kappa shape index (κ2) is 10.4.